The Hall–Kier alpha value is -3.37. The molecule has 4 aromatic rings. The zero-order valence-corrected chi connectivity index (χ0v) is 21.5. The molecule has 12 heteroatoms. The fourth-order valence-electron chi connectivity index (χ4n) is 3.22. The molecule has 184 valence electrons. The molecule has 1 aromatic heterocycles. The summed E-state index contributed by atoms with van der Waals surface area (Å²) in [5, 5.41) is 16.8. The normalized spacial score (nSPS) is 11.1. The number of hydrogen-bond acceptors (Lipinski definition) is 7. The van der Waals surface area contributed by atoms with Gasteiger partial charge in [0.1, 0.15) is 6.61 Å². The van der Waals surface area contributed by atoms with E-state index in [1.807, 2.05) is 0 Å². The number of benzene rings is 3. The van der Waals surface area contributed by atoms with E-state index in [1.165, 1.54) is 36.8 Å². The van der Waals surface area contributed by atoms with Crippen molar-refractivity contribution in [2.24, 2.45) is 5.10 Å². The summed E-state index contributed by atoms with van der Waals surface area (Å²) >= 11 is 19.7. The summed E-state index contributed by atoms with van der Waals surface area (Å²) in [6, 6.07) is 14.4. The van der Waals surface area contributed by atoms with E-state index in [0.717, 1.165) is 10.3 Å². The minimum Gasteiger partial charge on any atom is -0.493 e. The quantitative estimate of drug-likeness (QED) is 0.139. The summed E-state index contributed by atoms with van der Waals surface area (Å²) < 4.78 is 12.0. The van der Waals surface area contributed by atoms with Gasteiger partial charge in [0.25, 0.3) is 11.6 Å². The first-order valence-corrected chi connectivity index (χ1v) is 12.2. The van der Waals surface area contributed by atoms with Gasteiger partial charge in [0.05, 0.1) is 28.1 Å². The number of nitrogens with zero attached hydrogens (tertiary/aromatic N) is 2. The van der Waals surface area contributed by atoms with Gasteiger partial charge in [0.15, 0.2) is 11.5 Å². The van der Waals surface area contributed by atoms with E-state index < -0.39 is 10.8 Å². The lowest BCUT2D eigenvalue weighted by Crippen LogP contribution is -2.16. The van der Waals surface area contributed by atoms with Crippen molar-refractivity contribution in [3.05, 3.63) is 95.8 Å². The SMILES string of the molecule is COc1cc(/C=N\NC(=O)c2cc3cc([N+](=O)[O-])ccc3s2)cc(Cl)c1OCc1ccc(Cl)cc1Cl. The summed E-state index contributed by atoms with van der Waals surface area (Å²) in [6.45, 7) is 0.147. The third-order valence-electron chi connectivity index (χ3n) is 4.95. The Morgan fingerprint density at radius 3 is 2.64 bits per heavy atom. The predicted molar refractivity (Wildman–Crippen MR) is 142 cm³/mol. The third-order valence-corrected chi connectivity index (χ3v) is 6.94. The molecule has 0 bridgehead atoms. The second kappa shape index (κ2) is 11.1. The largest absolute Gasteiger partial charge is 0.493 e. The second-order valence-electron chi connectivity index (χ2n) is 7.35. The van der Waals surface area contributed by atoms with Crippen molar-refractivity contribution in [3.63, 3.8) is 0 Å². The first kappa shape index (κ1) is 25.7. The summed E-state index contributed by atoms with van der Waals surface area (Å²) in [7, 11) is 1.47. The molecule has 4 rings (SSSR count). The highest BCUT2D eigenvalue weighted by molar-refractivity contribution is 7.20. The van der Waals surface area contributed by atoms with Gasteiger partial charge in [0.2, 0.25) is 0 Å². The number of thiophene rings is 1. The first-order valence-electron chi connectivity index (χ1n) is 10.2. The molecule has 0 spiro atoms. The highest BCUT2D eigenvalue weighted by Gasteiger charge is 2.15. The van der Waals surface area contributed by atoms with E-state index in [9.17, 15) is 14.9 Å². The summed E-state index contributed by atoms with van der Waals surface area (Å²) in [5.74, 6) is 0.241. The topological polar surface area (TPSA) is 103 Å². The van der Waals surface area contributed by atoms with Gasteiger partial charge in [-0.15, -0.1) is 11.3 Å². The maximum atomic E-state index is 12.5. The predicted octanol–water partition coefficient (Wildman–Crippen LogP) is 7.12. The number of fused-ring (bicyclic) bond motifs is 1. The van der Waals surface area contributed by atoms with Crippen LogP contribution in [0.25, 0.3) is 10.1 Å². The van der Waals surface area contributed by atoms with Crippen LogP contribution in [0.15, 0.2) is 59.7 Å². The average molecular weight is 565 g/mol. The number of nitrogens with one attached hydrogen (secondary N) is 1. The van der Waals surface area contributed by atoms with E-state index in [0.29, 0.717) is 37.4 Å². The lowest BCUT2D eigenvalue weighted by atomic mass is 10.2. The molecule has 8 nitrogen and oxygen atoms in total. The van der Waals surface area contributed by atoms with Gasteiger partial charge in [-0.3, -0.25) is 14.9 Å². The van der Waals surface area contributed by atoms with Crippen LogP contribution >= 0.6 is 46.1 Å². The van der Waals surface area contributed by atoms with Crippen LogP contribution in [0.4, 0.5) is 5.69 Å². The number of nitro groups is 1. The number of rotatable bonds is 8. The van der Waals surface area contributed by atoms with Crippen LogP contribution in [0.5, 0.6) is 11.5 Å². The lowest BCUT2D eigenvalue weighted by molar-refractivity contribution is -0.384. The van der Waals surface area contributed by atoms with Crippen LogP contribution in [0.1, 0.15) is 20.8 Å². The number of halogens is 3. The van der Waals surface area contributed by atoms with E-state index in [-0.39, 0.29) is 17.3 Å². The molecule has 0 atom stereocenters. The molecule has 0 radical (unpaired) electrons. The van der Waals surface area contributed by atoms with Crippen LogP contribution in [0.2, 0.25) is 15.1 Å². The molecule has 0 aliphatic carbocycles. The molecule has 1 amide bonds. The Bertz CT molecular complexity index is 1510. The van der Waals surface area contributed by atoms with Gasteiger partial charge >= 0.3 is 0 Å². The van der Waals surface area contributed by atoms with Crippen molar-refractivity contribution < 1.29 is 19.2 Å². The Labute approximate surface area is 224 Å². The Morgan fingerprint density at radius 2 is 1.92 bits per heavy atom. The number of methoxy groups -OCH3 is 1. The van der Waals surface area contributed by atoms with E-state index >= 15 is 0 Å². The van der Waals surface area contributed by atoms with Crippen molar-refractivity contribution >= 4 is 74.0 Å². The molecular weight excluding hydrogens is 549 g/mol. The number of amides is 1. The number of nitro benzene ring substituents is 1. The van der Waals surface area contributed by atoms with Gasteiger partial charge in [-0.1, -0.05) is 40.9 Å². The van der Waals surface area contributed by atoms with E-state index in [2.05, 4.69) is 10.5 Å². The summed E-state index contributed by atoms with van der Waals surface area (Å²) in [4.78, 5) is 23.3. The Morgan fingerprint density at radius 1 is 1.11 bits per heavy atom. The van der Waals surface area contributed by atoms with Gasteiger partial charge in [-0.2, -0.15) is 5.10 Å². The smallest absolute Gasteiger partial charge is 0.281 e. The van der Waals surface area contributed by atoms with Gasteiger partial charge in [0, 0.05) is 37.8 Å². The summed E-state index contributed by atoms with van der Waals surface area (Å²) in [6.07, 6.45) is 1.41. The fraction of sp³-hybridized carbons (Fsp3) is 0.0833. The van der Waals surface area contributed by atoms with Gasteiger partial charge in [-0.05, 0) is 42.0 Å². The molecule has 0 saturated carbocycles. The summed E-state index contributed by atoms with van der Waals surface area (Å²) in [5.41, 5.74) is 3.68. The Balaban J connectivity index is 1.45. The molecule has 3 aromatic carbocycles. The van der Waals surface area contributed by atoms with Gasteiger partial charge in [-0.25, -0.2) is 5.43 Å². The molecule has 36 heavy (non-hydrogen) atoms. The van der Waals surface area contributed by atoms with Crippen LogP contribution in [-0.4, -0.2) is 24.2 Å². The van der Waals surface area contributed by atoms with Crippen LogP contribution in [-0.2, 0) is 6.61 Å². The highest BCUT2D eigenvalue weighted by Crippen LogP contribution is 2.37. The van der Waals surface area contributed by atoms with Gasteiger partial charge < -0.3 is 9.47 Å². The molecule has 1 heterocycles. The lowest BCUT2D eigenvalue weighted by Gasteiger charge is -2.14. The highest BCUT2D eigenvalue weighted by atomic mass is 35.5. The van der Waals surface area contributed by atoms with E-state index in [4.69, 9.17) is 44.3 Å². The molecular formula is C24H16Cl3N3O5S. The maximum Gasteiger partial charge on any atom is 0.281 e. The number of ether oxygens (including phenoxy) is 2. The van der Waals surface area contributed by atoms with Crippen molar-refractivity contribution in [2.45, 2.75) is 6.61 Å². The first-order chi connectivity index (χ1) is 17.2. The number of hydrogen-bond donors (Lipinski definition) is 1. The zero-order valence-electron chi connectivity index (χ0n) is 18.5. The number of carbonyl (C=O) groups is 1. The third kappa shape index (κ3) is 5.88. The Kier molecular flexibility index (Phi) is 7.95. The molecule has 0 fully saturated rings. The molecule has 1 N–H and O–H groups in total. The standard InChI is InChI=1S/C24H16Cl3N3O5S/c1-34-20-7-13(6-19(27)23(20)35-12-14-2-3-16(25)10-18(14)26)11-28-29-24(31)22-9-15-8-17(30(32)33)4-5-21(15)36-22/h2-11H,12H2,1H3,(H,29,31)/b28-11-. The zero-order chi connectivity index (χ0) is 25.8. The maximum absolute atomic E-state index is 12.5. The fourth-order valence-corrected chi connectivity index (χ4v) is 4.89. The molecule has 0 saturated heterocycles. The molecule has 0 aliphatic rings. The monoisotopic (exact) mass is 563 g/mol. The number of non-ortho nitro benzene ring substituents is 1. The van der Waals surface area contributed by atoms with Crippen LogP contribution in [0, 0.1) is 10.1 Å². The average Bonchev–Trinajstić information content (AvgIpc) is 3.27. The van der Waals surface area contributed by atoms with E-state index in [1.54, 1.807) is 42.5 Å². The van der Waals surface area contributed by atoms with Crippen LogP contribution in [0.3, 0.4) is 0 Å². The van der Waals surface area contributed by atoms with Crippen molar-refractivity contribution in [3.8, 4) is 11.5 Å². The second-order valence-corrected chi connectivity index (χ2v) is 9.68. The van der Waals surface area contributed by atoms with Crippen molar-refractivity contribution in [2.75, 3.05) is 7.11 Å². The van der Waals surface area contributed by atoms with Crippen LogP contribution < -0.4 is 14.9 Å². The number of hydrazone groups is 1. The van der Waals surface area contributed by atoms with Crippen molar-refractivity contribution in [1.29, 1.82) is 0 Å². The minimum atomic E-state index is -0.482. The molecule has 0 aliphatic heterocycles. The molecule has 0 unspecified atom stereocenters. The van der Waals surface area contributed by atoms with Crippen molar-refractivity contribution in [1.82, 2.24) is 5.43 Å². The number of carbonyl (C=O) groups excluding carboxylic acids is 1. The minimum absolute atomic E-state index is 0.0419.